The maximum atomic E-state index is 13.6. The average molecular weight is 922 g/mol. The summed E-state index contributed by atoms with van der Waals surface area (Å²) >= 11 is 1.73. The monoisotopic (exact) mass is 921 g/mol. The number of amides is 2. The van der Waals surface area contributed by atoms with Crippen molar-refractivity contribution in [3.8, 4) is 0 Å². The van der Waals surface area contributed by atoms with Crippen LogP contribution in [0.2, 0.25) is 0 Å². The fourth-order valence-electron chi connectivity index (χ4n) is 7.70. The molecule has 3 heterocycles. The number of nitrogens with one attached hydrogen (secondary N) is 1. The van der Waals surface area contributed by atoms with Crippen LogP contribution < -0.4 is 20.1 Å². The number of anilines is 1. The Bertz CT molecular complexity index is 2110. The normalized spacial score (nSPS) is 17.6. The molecule has 62 heavy (non-hydrogen) atoms. The first-order chi connectivity index (χ1) is 29.7. The molecule has 0 radical (unpaired) electrons. The van der Waals surface area contributed by atoms with Crippen molar-refractivity contribution in [1.29, 1.82) is 0 Å². The number of hydroxylamine groups is 2. The molecule has 0 atom stereocenters. The average Bonchev–Trinajstić information content (AvgIpc) is 3.75. The summed E-state index contributed by atoms with van der Waals surface area (Å²) in [6.07, 6.45) is 8.05. The molecule has 5 rings (SSSR count). The Hall–Kier alpha value is -3.71. The first-order valence-electron chi connectivity index (χ1n) is 20.1. The SMILES string of the molecule is COCCOCCN1C(=CC=CC2=[N+](CCCSOO[O-])c3ccc(S(=O)(=O)NCCCCCC(=O)ON4C(=O)CCC4=O)cc3C2(C)C)C(C)(C)c2cc(SOO[O-])ccc21. The number of ether oxygens (including phenoxy) is 2. The summed E-state index contributed by atoms with van der Waals surface area (Å²) < 4.78 is 52.0. The van der Waals surface area contributed by atoms with Crippen LogP contribution in [-0.2, 0) is 68.3 Å². The maximum Gasteiger partial charge on any atom is 0.333 e. The zero-order valence-corrected chi connectivity index (χ0v) is 37.8. The van der Waals surface area contributed by atoms with Crippen molar-refractivity contribution in [3.63, 3.8) is 0 Å². The van der Waals surface area contributed by atoms with E-state index in [4.69, 9.17) is 14.3 Å². The van der Waals surface area contributed by atoms with Gasteiger partial charge in [0.15, 0.2) is 5.71 Å². The maximum absolute atomic E-state index is 13.6. The van der Waals surface area contributed by atoms with Crippen LogP contribution in [0.25, 0.3) is 0 Å². The number of methoxy groups -OCH3 is 1. The summed E-state index contributed by atoms with van der Waals surface area (Å²) in [4.78, 5) is 43.4. The first kappa shape index (κ1) is 49.3. The van der Waals surface area contributed by atoms with Crippen molar-refractivity contribution in [2.45, 2.75) is 93.3 Å². The second-order valence-electron chi connectivity index (χ2n) is 15.6. The van der Waals surface area contributed by atoms with Gasteiger partial charge in [0.1, 0.15) is 6.54 Å². The number of rotatable bonds is 26. The highest BCUT2D eigenvalue weighted by Crippen LogP contribution is 2.49. The highest BCUT2D eigenvalue weighted by Gasteiger charge is 2.45. The predicted molar refractivity (Wildman–Crippen MR) is 224 cm³/mol. The Morgan fingerprint density at radius 1 is 0.919 bits per heavy atom. The molecule has 0 spiro atoms. The van der Waals surface area contributed by atoms with Gasteiger partial charge in [-0.25, -0.2) is 17.9 Å². The second-order valence-corrected chi connectivity index (χ2v) is 18.9. The quantitative estimate of drug-likeness (QED) is 0.0353. The van der Waals surface area contributed by atoms with E-state index in [2.05, 4.69) is 52.9 Å². The van der Waals surface area contributed by atoms with Crippen LogP contribution in [0.1, 0.15) is 83.8 Å². The minimum atomic E-state index is -3.92. The minimum absolute atomic E-state index is 0.0139. The van der Waals surface area contributed by atoms with E-state index in [9.17, 15) is 33.3 Å². The van der Waals surface area contributed by atoms with Crippen molar-refractivity contribution in [2.75, 3.05) is 57.2 Å². The first-order valence-corrected chi connectivity index (χ1v) is 23.3. The zero-order chi connectivity index (χ0) is 44.9. The van der Waals surface area contributed by atoms with E-state index in [0.717, 1.165) is 58.0 Å². The van der Waals surface area contributed by atoms with E-state index in [1.165, 1.54) is 0 Å². The number of carbonyl (C=O) groups is 3. The summed E-state index contributed by atoms with van der Waals surface area (Å²) in [6.45, 7) is 10.9. The molecule has 0 aliphatic carbocycles. The lowest BCUT2D eigenvalue weighted by Crippen LogP contribution is -2.32. The molecular formula is C41H53N4O14S3-. The standard InChI is InChI=1S/C41H54N4O14S3/c1-40(2)31-27-29(61-59-57-50)14-16-33(31)44(22-23-54-25-24-53-5)36(40)12-9-11-35-41(3,4)32-28-30(15-17-34(32)43(35)21-10-26-60-58-56-49)62(51,52)42-20-8-6-7-13-39(48)55-45-37(46)18-19-38(45)47/h9,11-12,14-17,27-28,42H,6-8,10,13,18-26H2,1-5H3,(H-,49,50)/p-1. The smallest absolute Gasteiger partial charge is 0.333 e. The van der Waals surface area contributed by atoms with Crippen LogP contribution in [0.5, 0.6) is 0 Å². The van der Waals surface area contributed by atoms with E-state index in [-0.39, 0.29) is 30.7 Å². The van der Waals surface area contributed by atoms with E-state index in [1.54, 1.807) is 25.3 Å². The Balaban J connectivity index is 1.33. The van der Waals surface area contributed by atoms with E-state index in [1.807, 2.05) is 44.2 Å². The number of hydrogen-bond acceptors (Lipinski definition) is 17. The van der Waals surface area contributed by atoms with Crippen molar-refractivity contribution < 1.29 is 70.9 Å². The largest absolute Gasteiger partial charge is 0.691 e. The summed E-state index contributed by atoms with van der Waals surface area (Å²) in [5.41, 5.74) is 4.47. The highest BCUT2D eigenvalue weighted by atomic mass is 32.2. The van der Waals surface area contributed by atoms with Gasteiger partial charge in [-0.3, -0.25) is 19.7 Å². The molecule has 1 fully saturated rings. The number of imide groups is 1. The van der Waals surface area contributed by atoms with Crippen molar-refractivity contribution in [2.24, 2.45) is 0 Å². The fraction of sp³-hybridized carbons (Fsp3) is 0.512. The molecule has 21 heteroatoms. The number of fused-ring (bicyclic) bond motifs is 2. The van der Waals surface area contributed by atoms with Crippen molar-refractivity contribution >= 4 is 69.0 Å². The molecule has 3 aliphatic heterocycles. The second kappa shape index (κ2) is 22.8. The molecule has 0 bridgehead atoms. The third-order valence-corrected chi connectivity index (χ3v) is 13.5. The summed E-state index contributed by atoms with van der Waals surface area (Å²) in [5.74, 6) is -1.32. The van der Waals surface area contributed by atoms with Gasteiger partial charge in [-0.05, 0) is 68.7 Å². The molecular weight excluding hydrogens is 869 g/mol. The van der Waals surface area contributed by atoms with E-state index in [0.29, 0.717) is 74.3 Å². The summed E-state index contributed by atoms with van der Waals surface area (Å²) in [5, 5.41) is 28.5. The molecule has 2 amide bonds. The molecule has 18 nitrogen and oxygen atoms in total. The van der Waals surface area contributed by atoms with Crippen molar-refractivity contribution in [3.05, 3.63) is 71.5 Å². The number of allylic oxidation sites excluding steroid dienone is 4. The molecule has 1 N–H and O–H groups in total. The molecule has 0 saturated carbocycles. The van der Waals surface area contributed by atoms with E-state index >= 15 is 0 Å². The van der Waals surface area contributed by atoms with Gasteiger partial charge in [-0.2, -0.15) is 13.2 Å². The van der Waals surface area contributed by atoms with Gasteiger partial charge in [0, 0.05) is 103 Å². The van der Waals surface area contributed by atoms with Crippen molar-refractivity contribution in [1.82, 2.24) is 9.79 Å². The van der Waals surface area contributed by atoms with Gasteiger partial charge in [-0.15, -0.1) is 5.06 Å². The topological polar surface area (TPSA) is 218 Å². The molecule has 1 saturated heterocycles. The third kappa shape index (κ3) is 12.1. The van der Waals surface area contributed by atoms with Crippen LogP contribution >= 0.6 is 24.1 Å². The Kier molecular flexibility index (Phi) is 18.1. The summed E-state index contributed by atoms with van der Waals surface area (Å²) in [7, 11) is -2.29. The van der Waals surface area contributed by atoms with Gasteiger partial charge in [0.25, 0.3) is 11.8 Å². The Morgan fingerprint density at radius 2 is 1.68 bits per heavy atom. The van der Waals surface area contributed by atoms with Crippen LogP contribution in [-0.4, -0.2) is 93.9 Å². The van der Waals surface area contributed by atoms with Crippen LogP contribution in [0.3, 0.4) is 0 Å². The van der Waals surface area contributed by atoms with E-state index < -0.39 is 38.6 Å². The summed E-state index contributed by atoms with van der Waals surface area (Å²) in [6, 6.07) is 10.9. The lowest BCUT2D eigenvalue weighted by Gasteiger charge is -2.27. The van der Waals surface area contributed by atoms with Crippen LogP contribution in [0.15, 0.2) is 70.1 Å². The molecule has 340 valence electrons. The number of hydrogen-bond donors (Lipinski definition) is 1. The van der Waals surface area contributed by atoms with Crippen LogP contribution in [0.4, 0.5) is 11.4 Å². The molecule has 0 aromatic heterocycles. The third-order valence-electron chi connectivity index (χ3n) is 10.8. The zero-order valence-electron chi connectivity index (χ0n) is 35.4. The number of unbranched alkanes of at least 4 members (excludes halogenated alkanes) is 2. The van der Waals surface area contributed by atoms with Gasteiger partial charge in [-0.1, -0.05) is 26.3 Å². The van der Waals surface area contributed by atoms with Gasteiger partial charge >= 0.3 is 5.97 Å². The number of nitrogens with zero attached hydrogens (tertiary/aromatic N) is 3. The molecule has 2 aromatic carbocycles. The lowest BCUT2D eigenvalue weighted by atomic mass is 9.81. The fourth-order valence-corrected chi connectivity index (χ4v) is 9.55. The van der Waals surface area contributed by atoms with Gasteiger partial charge < -0.3 is 29.7 Å². The minimum Gasteiger partial charge on any atom is -0.691 e. The Morgan fingerprint density at radius 3 is 2.40 bits per heavy atom. The number of carbonyl (C=O) groups excluding carboxylic acids is 3. The molecule has 3 aliphatic rings. The molecule has 2 aromatic rings. The predicted octanol–water partition coefficient (Wildman–Crippen LogP) is 3.90. The van der Waals surface area contributed by atoms with Gasteiger partial charge in [0.05, 0.1) is 42.2 Å². The van der Waals surface area contributed by atoms with Gasteiger partial charge in [0.2, 0.25) is 15.7 Å². The number of benzene rings is 2. The Labute approximate surface area is 370 Å². The molecule has 0 unspecified atom stereocenters. The number of sulfonamides is 1. The lowest BCUT2D eigenvalue weighted by molar-refractivity contribution is -0.777. The highest BCUT2D eigenvalue weighted by molar-refractivity contribution is 7.94. The van der Waals surface area contributed by atoms with Crippen LogP contribution in [0, 0.1) is 0 Å².